The summed E-state index contributed by atoms with van der Waals surface area (Å²) in [5.74, 6) is -0.655. The van der Waals surface area contributed by atoms with Crippen molar-refractivity contribution < 1.29 is 19.1 Å². The number of carbonyl (C=O) groups is 2. The van der Waals surface area contributed by atoms with Crippen LogP contribution in [0, 0.1) is 11.3 Å². The van der Waals surface area contributed by atoms with Crippen LogP contribution < -0.4 is 0 Å². The van der Waals surface area contributed by atoms with Gasteiger partial charge < -0.3 is 9.47 Å². The smallest absolute Gasteiger partial charge is 0.323 e. The van der Waals surface area contributed by atoms with Crippen molar-refractivity contribution in [1.29, 1.82) is 0 Å². The van der Waals surface area contributed by atoms with Gasteiger partial charge in [-0.05, 0) is 25.7 Å². The van der Waals surface area contributed by atoms with Gasteiger partial charge in [-0.3, -0.25) is 9.59 Å². The SMILES string of the molecule is CCOC(=O)C1(CC)CC(C)COC1=O. The molecule has 0 aromatic rings. The molecule has 0 spiro atoms. The number of hydrogen-bond donors (Lipinski definition) is 0. The van der Waals surface area contributed by atoms with Gasteiger partial charge in [-0.15, -0.1) is 0 Å². The minimum absolute atomic E-state index is 0.215. The molecule has 4 nitrogen and oxygen atoms in total. The summed E-state index contributed by atoms with van der Waals surface area (Å²) in [7, 11) is 0. The third kappa shape index (κ3) is 2.13. The maximum Gasteiger partial charge on any atom is 0.323 e. The molecule has 86 valence electrons. The summed E-state index contributed by atoms with van der Waals surface area (Å²) < 4.78 is 9.98. The Kier molecular flexibility index (Phi) is 3.72. The van der Waals surface area contributed by atoms with E-state index in [0.29, 0.717) is 26.1 Å². The summed E-state index contributed by atoms with van der Waals surface area (Å²) in [6, 6.07) is 0. The topological polar surface area (TPSA) is 52.6 Å². The lowest BCUT2D eigenvalue weighted by molar-refractivity contribution is -0.181. The van der Waals surface area contributed by atoms with Crippen LogP contribution in [0.2, 0.25) is 0 Å². The van der Waals surface area contributed by atoms with Crippen LogP contribution in [0.1, 0.15) is 33.6 Å². The third-order valence-electron chi connectivity index (χ3n) is 2.86. The highest BCUT2D eigenvalue weighted by Gasteiger charge is 2.50. The van der Waals surface area contributed by atoms with Gasteiger partial charge in [0.2, 0.25) is 0 Å². The van der Waals surface area contributed by atoms with E-state index in [2.05, 4.69) is 0 Å². The van der Waals surface area contributed by atoms with Gasteiger partial charge in [0.15, 0.2) is 5.41 Å². The summed E-state index contributed by atoms with van der Waals surface area (Å²) in [6.45, 7) is 6.22. The Balaban J connectivity index is 2.89. The molecular formula is C11H18O4. The molecule has 1 aliphatic heterocycles. The lowest BCUT2D eigenvalue weighted by Gasteiger charge is -2.34. The zero-order valence-corrected chi connectivity index (χ0v) is 9.54. The van der Waals surface area contributed by atoms with E-state index in [1.54, 1.807) is 6.92 Å². The van der Waals surface area contributed by atoms with Gasteiger partial charge in [0.05, 0.1) is 13.2 Å². The first-order valence-electron chi connectivity index (χ1n) is 5.41. The standard InChI is InChI=1S/C11H18O4/c1-4-11(9(12)14-5-2)6-8(3)7-15-10(11)13/h8H,4-7H2,1-3H3. The predicted octanol–water partition coefficient (Wildman–Crippen LogP) is 1.53. The molecule has 0 saturated carbocycles. The Morgan fingerprint density at radius 1 is 1.60 bits per heavy atom. The molecule has 0 N–H and O–H groups in total. The van der Waals surface area contributed by atoms with E-state index in [1.165, 1.54) is 0 Å². The van der Waals surface area contributed by atoms with Crippen molar-refractivity contribution in [1.82, 2.24) is 0 Å². The van der Waals surface area contributed by atoms with E-state index in [1.807, 2.05) is 13.8 Å². The largest absolute Gasteiger partial charge is 0.465 e. The fourth-order valence-electron chi connectivity index (χ4n) is 1.96. The normalized spacial score (nSPS) is 30.9. The monoisotopic (exact) mass is 214 g/mol. The van der Waals surface area contributed by atoms with E-state index >= 15 is 0 Å². The molecule has 2 unspecified atom stereocenters. The van der Waals surface area contributed by atoms with Gasteiger partial charge in [0.25, 0.3) is 0 Å². The number of esters is 2. The molecular weight excluding hydrogens is 196 g/mol. The predicted molar refractivity (Wildman–Crippen MR) is 54.1 cm³/mol. The Hall–Kier alpha value is -1.06. The van der Waals surface area contributed by atoms with Gasteiger partial charge in [-0.2, -0.15) is 0 Å². The second-order valence-corrected chi connectivity index (χ2v) is 4.06. The van der Waals surface area contributed by atoms with E-state index in [-0.39, 0.29) is 5.92 Å². The third-order valence-corrected chi connectivity index (χ3v) is 2.86. The molecule has 2 atom stereocenters. The maximum absolute atomic E-state index is 11.8. The highest BCUT2D eigenvalue weighted by Crippen LogP contribution is 2.37. The number of rotatable bonds is 3. The first kappa shape index (κ1) is 12.0. The molecule has 1 aliphatic rings. The van der Waals surface area contributed by atoms with Crippen molar-refractivity contribution in [2.45, 2.75) is 33.6 Å². The Bertz CT molecular complexity index is 261. The molecule has 0 radical (unpaired) electrons. The molecule has 0 bridgehead atoms. The van der Waals surface area contributed by atoms with Gasteiger partial charge >= 0.3 is 11.9 Å². The summed E-state index contributed by atoms with van der Waals surface area (Å²) in [6.07, 6.45) is 0.968. The van der Waals surface area contributed by atoms with E-state index in [9.17, 15) is 9.59 Å². The average Bonchev–Trinajstić information content (AvgIpc) is 2.22. The van der Waals surface area contributed by atoms with Gasteiger partial charge in [-0.25, -0.2) is 0 Å². The highest BCUT2D eigenvalue weighted by atomic mass is 16.6. The Labute approximate surface area is 89.9 Å². The quantitative estimate of drug-likeness (QED) is 0.528. The summed E-state index contributed by atoms with van der Waals surface area (Å²) in [5, 5.41) is 0. The van der Waals surface area contributed by atoms with Crippen LogP contribution in [0.3, 0.4) is 0 Å². The van der Waals surface area contributed by atoms with E-state index in [4.69, 9.17) is 9.47 Å². The molecule has 1 saturated heterocycles. The minimum Gasteiger partial charge on any atom is -0.465 e. The second-order valence-electron chi connectivity index (χ2n) is 4.06. The maximum atomic E-state index is 11.8. The Morgan fingerprint density at radius 3 is 2.80 bits per heavy atom. The van der Waals surface area contributed by atoms with E-state index < -0.39 is 17.4 Å². The first-order valence-corrected chi connectivity index (χ1v) is 5.41. The molecule has 1 heterocycles. The van der Waals surface area contributed by atoms with Crippen molar-refractivity contribution in [2.24, 2.45) is 11.3 Å². The number of hydrogen-bond acceptors (Lipinski definition) is 4. The van der Waals surface area contributed by atoms with Crippen LogP contribution in [0.4, 0.5) is 0 Å². The van der Waals surface area contributed by atoms with Crippen LogP contribution >= 0.6 is 0 Å². The fraction of sp³-hybridized carbons (Fsp3) is 0.818. The van der Waals surface area contributed by atoms with Crippen LogP contribution in [-0.4, -0.2) is 25.2 Å². The number of ether oxygens (including phenoxy) is 2. The molecule has 1 fully saturated rings. The zero-order valence-electron chi connectivity index (χ0n) is 9.54. The van der Waals surface area contributed by atoms with Crippen molar-refractivity contribution in [3.05, 3.63) is 0 Å². The lowest BCUT2D eigenvalue weighted by Crippen LogP contribution is -2.47. The summed E-state index contributed by atoms with van der Waals surface area (Å²) in [5.41, 5.74) is -1.06. The molecule has 15 heavy (non-hydrogen) atoms. The van der Waals surface area contributed by atoms with Crippen molar-refractivity contribution in [3.8, 4) is 0 Å². The van der Waals surface area contributed by atoms with Gasteiger partial charge in [0, 0.05) is 0 Å². The van der Waals surface area contributed by atoms with Crippen LogP contribution in [-0.2, 0) is 19.1 Å². The van der Waals surface area contributed by atoms with Crippen molar-refractivity contribution in [2.75, 3.05) is 13.2 Å². The summed E-state index contributed by atoms with van der Waals surface area (Å²) in [4.78, 5) is 23.5. The summed E-state index contributed by atoms with van der Waals surface area (Å²) >= 11 is 0. The van der Waals surface area contributed by atoms with Gasteiger partial charge in [0.1, 0.15) is 0 Å². The lowest BCUT2D eigenvalue weighted by atomic mass is 9.76. The van der Waals surface area contributed by atoms with E-state index in [0.717, 1.165) is 0 Å². The molecule has 0 amide bonds. The number of carbonyl (C=O) groups excluding carboxylic acids is 2. The Morgan fingerprint density at radius 2 is 2.27 bits per heavy atom. The molecule has 0 aliphatic carbocycles. The first-order chi connectivity index (χ1) is 7.06. The highest BCUT2D eigenvalue weighted by molar-refractivity contribution is 6.00. The second kappa shape index (κ2) is 4.64. The molecule has 0 aromatic carbocycles. The van der Waals surface area contributed by atoms with Crippen LogP contribution in [0.15, 0.2) is 0 Å². The van der Waals surface area contributed by atoms with Crippen molar-refractivity contribution >= 4 is 11.9 Å². The average molecular weight is 214 g/mol. The van der Waals surface area contributed by atoms with Crippen LogP contribution in [0.25, 0.3) is 0 Å². The number of cyclic esters (lactones) is 1. The molecule has 4 heteroatoms. The van der Waals surface area contributed by atoms with Crippen molar-refractivity contribution in [3.63, 3.8) is 0 Å². The zero-order chi connectivity index (χ0) is 11.5. The molecule has 1 rings (SSSR count). The molecule has 0 aromatic heterocycles. The van der Waals surface area contributed by atoms with Gasteiger partial charge in [-0.1, -0.05) is 13.8 Å². The fourth-order valence-corrected chi connectivity index (χ4v) is 1.96. The minimum atomic E-state index is -1.06. The van der Waals surface area contributed by atoms with Crippen LogP contribution in [0.5, 0.6) is 0 Å².